The lowest BCUT2D eigenvalue weighted by molar-refractivity contribution is 0.380. The molecular formula is C7H7BBrFO3. The van der Waals surface area contributed by atoms with Crippen LogP contribution in [0.15, 0.2) is 16.6 Å². The van der Waals surface area contributed by atoms with Gasteiger partial charge in [0, 0.05) is 5.46 Å². The molecule has 0 aromatic heterocycles. The van der Waals surface area contributed by atoms with E-state index in [2.05, 4.69) is 15.9 Å². The second-order valence-corrected chi connectivity index (χ2v) is 3.21. The normalized spacial score (nSPS) is 9.92. The maximum atomic E-state index is 13.2. The number of halogens is 2. The summed E-state index contributed by atoms with van der Waals surface area (Å²) in [6.07, 6.45) is 0. The minimum atomic E-state index is -1.74. The molecule has 0 aliphatic heterocycles. The van der Waals surface area contributed by atoms with Crippen LogP contribution in [0.25, 0.3) is 0 Å². The van der Waals surface area contributed by atoms with Crippen molar-refractivity contribution in [2.45, 2.75) is 0 Å². The van der Waals surface area contributed by atoms with E-state index in [1.54, 1.807) is 0 Å². The fourth-order valence-electron chi connectivity index (χ4n) is 0.958. The Bertz CT molecular complexity index is 319. The van der Waals surface area contributed by atoms with Crippen molar-refractivity contribution in [3.63, 3.8) is 0 Å². The van der Waals surface area contributed by atoms with Gasteiger partial charge >= 0.3 is 7.12 Å². The Morgan fingerprint density at radius 3 is 2.54 bits per heavy atom. The third kappa shape index (κ3) is 2.01. The zero-order valence-corrected chi connectivity index (χ0v) is 8.38. The van der Waals surface area contributed by atoms with Gasteiger partial charge in [-0.25, -0.2) is 4.39 Å². The molecule has 0 radical (unpaired) electrons. The highest BCUT2D eigenvalue weighted by atomic mass is 79.9. The molecule has 0 spiro atoms. The molecule has 1 rings (SSSR count). The van der Waals surface area contributed by atoms with Gasteiger partial charge in [-0.2, -0.15) is 0 Å². The first-order valence-corrected chi connectivity index (χ1v) is 4.25. The lowest BCUT2D eigenvalue weighted by atomic mass is 9.79. The van der Waals surface area contributed by atoms with Gasteiger partial charge < -0.3 is 14.8 Å². The molecule has 1 aromatic rings. The Balaban J connectivity index is 3.30. The fourth-order valence-corrected chi connectivity index (χ4v) is 1.27. The Hall–Kier alpha value is -0.585. The van der Waals surface area contributed by atoms with E-state index in [0.717, 1.165) is 0 Å². The number of methoxy groups -OCH3 is 1. The summed E-state index contributed by atoms with van der Waals surface area (Å²) in [6.45, 7) is 0. The van der Waals surface area contributed by atoms with E-state index in [0.29, 0.717) is 0 Å². The second-order valence-electron chi connectivity index (χ2n) is 2.36. The topological polar surface area (TPSA) is 49.7 Å². The predicted molar refractivity (Wildman–Crippen MR) is 50.5 cm³/mol. The Labute approximate surface area is 83.4 Å². The van der Waals surface area contributed by atoms with Gasteiger partial charge in [0.2, 0.25) is 0 Å². The van der Waals surface area contributed by atoms with Gasteiger partial charge in [0.1, 0.15) is 0 Å². The molecule has 0 aliphatic rings. The summed E-state index contributed by atoms with van der Waals surface area (Å²) in [7, 11) is -0.478. The van der Waals surface area contributed by atoms with E-state index < -0.39 is 12.9 Å². The van der Waals surface area contributed by atoms with Crippen molar-refractivity contribution in [2.75, 3.05) is 7.11 Å². The van der Waals surface area contributed by atoms with Gasteiger partial charge in [0.15, 0.2) is 11.6 Å². The molecule has 70 valence electrons. The monoisotopic (exact) mass is 248 g/mol. The highest BCUT2D eigenvalue weighted by Crippen LogP contribution is 2.22. The Morgan fingerprint density at radius 2 is 2.08 bits per heavy atom. The predicted octanol–water partition coefficient (Wildman–Crippen LogP) is 0.277. The van der Waals surface area contributed by atoms with E-state index >= 15 is 0 Å². The first-order valence-electron chi connectivity index (χ1n) is 3.46. The largest absolute Gasteiger partial charge is 0.494 e. The maximum Gasteiger partial charge on any atom is 0.492 e. The highest BCUT2D eigenvalue weighted by molar-refractivity contribution is 9.10. The van der Waals surface area contributed by atoms with Gasteiger partial charge in [-0.1, -0.05) is 6.07 Å². The van der Waals surface area contributed by atoms with Crippen molar-refractivity contribution in [3.05, 3.63) is 22.4 Å². The van der Waals surface area contributed by atoms with E-state index in [4.69, 9.17) is 14.8 Å². The van der Waals surface area contributed by atoms with Crippen LogP contribution >= 0.6 is 15.9 Å². The molecule has 0 amide bonds. The molecule has 0 saturated heterocycles. The molecule has 13 heavy (non-hydrogen) atoms. The van der Waals surface area contributed by atoms with Gasteiger partial charge in [-0.15, -0.1) is 0 Å². The molecule has 0 bridgehead atoms. The van der Waals surface area contributed by atoms with E-state index in [1.807, 2.05) is 0 Å². The number of hydrogen-bond donors (Lipinski definition) is 2. The zero-order chi connectivity index (χ0) is 10.0. The van der Waals surface area contributed by atoms with Gasteiger partial charge in [0.25, 0.3) is 0 Å². The molecule has 3 nitrogen and oxygen atoms in total. The summed E-state index contributed by atoms with van der Waals surface area (Å²) < 4.78 is 18.1. The van der Waals surface area contributed by atoms with Crippen LogP contribution in [0.3, 0.4) is 0 Å². The first-order chi connectivity index (χ1) is 6.07. The molecule has 6 heteroatoms. The lowest BCUT2D eigenvalue weighted by Crippen LogP contribution is -2.31. The van der Waals surface area contributed by atoms with Crippen LogP contribution in [0, 0.1) is 5.82 Å². The number of rotatable bonds is 2. The summed E-state index contributed by atoms with van der Waals surface area (Å²) in [4.78, 5) is 0. The van der Waals surface area contributed by atoms with Gasteiger partial charge in [0.05, 0.1) is 11.6 Å². The summed E-state index contributed by atoms with van der Waals surface area (Å²) in [6, 6.07) is 2.75. The van der Waals surface area contributed by atoms with Crippen LogP contribution in [0.2, 0.25) is 0 Å². The molecule has 0 atom stereocenters. The average Bonchev–Trinajstić information content (AvgIpc) is 2.09. The SMILES string of the molecule is COc1c(B(O)O)ccc(Br)c1F. The minimum Gasteiger partial charge on any atom is -0.494 e. The van der Waals surface area contributed by atoms with Crippen LogP contribution in [0.1, 0.15) is 0 Å². The molecule has 0 heterocycles. The standard InChI is InChI=1S/C7H7BBrFO3/c1-13-7-4(8(11)12)2-3-5(9)6(7)10/h2-3,11-12H,1H3. The van der Waals surface area contributed by atoms with Crippen LogP contribution in [0.5, 0.6) is 5.75 Å². The average molecular weight is 249 g/mol. The minimum absolute atomic E-state index is 0.00296. The van der Waals surface area contributed by atoms with Crippen molar-refractivity contribution in [2.24, 2.45) is 0 Å². The van der Waals surface area contributed by atoms with Crippen molar-refractivity contribution in [1.82, 2.24) is 0 Å². The van der Waals surface area contributed by atoms with Crippen molar-refractivity contribution >= 4 is 28.5 Å². The smallest absolute Gasteiger partial charge is 0.492 e. The van der Waals surface area contributed by atoms with Crippen molar-refractivity contribution in [1.29, 1.82) is 0 Å². The molecule has 1 aromatic carbocycles. The fraction of sp³-hybridized carbons (Fsp3) is 0.143. The van der Waals surface area contributed by atoms with E-state index in [9.17, 15) is 4.39 Å². The van der Waals surface area contributed by atoms with Crippen LogP contribution in [-0.4, -0.2) is 24.3 Å². The highest BCUT2D eigenvalue weighted by Gasteiger charge is 2.21. The number of benzene rings is 1. The summed E-state index contributed by atoms with van der Waals surface area (Å²) in [5.74, 6) is -0.808. The summed E-state index contributed by atoms with van der Waals surface area (Å²) >= 11 is 2.95. The maximum absolute atomic E-state index is 13.2. The number of ether oxygens (including phenoxy) is 1. The van der Waals surface area contributed by atoms with Crippen molar-refractivity contribution < 1.29 is 19.2 Å². The van der Waals surface area contributed by atoms with Crippen LogP contribution in [0.4, 0.5) is 4.39 Å². The molecule has 2 N–H and O–H groups in total. The second kappa shape index (κ2) is 4.08. The van der Waals surface area contributed by atoms with Gasteiger partial charge in [-0.05, 0) is 22.0 Å². The summed E-state index contributed by atoms with van der Waals surface area (Å²) in [5.41, 5.74) is 0.00296. The molecule has 0 aliphatic carbocycles. The van der Waals surface area contributed by atoms with Crippen LogP contribution < -0.4 is 10.2 Å². The number of hydrogen-bond acceptors (Lipinski definition) is 3. The molecule has 0 saturated carbocycles. The lowest BCUT2D eigenvalue weighted by Gasteiger charge is -2.09. The third-order valence-corrected chi connectivity index (χ3v) is 2.18. The summed E-state index contributed by atoms with van der Waals surface area (Å²) in [5, 5.41) is 17.7. The zero-order valence-electron chi connectivity index (χ0n) is 6.79. The molecular weight excluding hydrogens is 242 g/mol. The van der Waals surface area contributed by atoms with E-state index in [-0.39, 0.29) is 15.7 Å². The first kappa shape index (κ1) is 10.5. The van der Waals surface area contributed by atoms with Gasteiger partial charge in [-0.3, -0.25) is 0 Å². The van der Waals surface area contributed by atoms with Crippen LogP contribution in [-0.2, 0) is 0 Å². The van der Waals surface area contributed by atoms with E-state index in [1.165, 1.54) is 19.2 Å². The molecule has 0 unspecified atom stereocenters. The van der Waals surface area contributed by atoms with Crippen molar-refractivity contribution in [3.8, 4) is 5.75 Å². The third-order valence-electron chi connectivity index (χ3n) is 1.56. The Morgan fingerprint density at radius 1 is 1.46 bits per heavy atom. The molecule has 0 fully saturated rings. The Kier molecular flexibility index (Phi) is 3.30. The quantitative estimate of drug-likeness (QED) is 0.740.